The third kappa shape index (κ3) is 2.94. The van der Waals surface area contributed by atoms with Gasteiger partial charge in [0.05, 0.1) is 11.8 Å². The zero-order valence-electron chi connectivity index (χ0n) is 11.3. The van der Waals surface area contributed by atoms with Gasteiger partial charge in [-0.25, -0.2) is 0 Å². The molecule has 1 aromatic rings. The molecule has 0 amide bonds. The Labute approximate surface area is 113 Å². The molecule has 0 radical (unpaired) electrons. The minimum atomic E-state index is 0.0870. The van der Waals surface area contributed by atoms with E-state index in [-0.39, 0.29) is 5.84 Å². The molecule has 104 valence electrons. The van der Waals surface area contributed by atoms with Crippen LogP contribution in [0.4, 0.5) is 5.82 Å². The summed E-state index contributed by atoms with van der Waals surface area (Å²) in [5, 5.41) is 20.1. The van der Waals surface area contributed by atoms with Gasteiger partial charge in [-0.1, -0.05) is 24.9 Å². The maximum atomic E-state index is 8.89. The highest BCUT2D eigenvalue weighted by Crippen LogP contribution is 2.26. The van der Waals surface area contributed by atoms with Gasteiger partial charge in [0.1, 0.15) is 0 Å². The van der Waals surface area contributed by atoms with Crippen molar-refractivity contribution in [1.82, 2.24) is 10.2 Å². The Morgan fingerprint density at radius 1 is 1.53 bits per heavy atom. The van der Waals surface area contributed by atoms with Crippen molar-refractivity contribution in [1.29, 1.82) is 0 Å². The molecule has 1 aliphatic rings. The molecule has 2 rings (SSSR count). The number of nitrogens with two attached hydrogens (primary N) is 1. The monoisotopic (exact) mass is 263 g/mol. The molecule has 6 nitrogen and oxygen atoms in total. The second-order valence-corrected chi connectivity index (χ2v) is 4.86. The highest BCUT2D eigenvalue weighted by atomic mass is 16.4. The Hall–Kier alpha value is -1.85. The molecule has 1 atom stereocenters. The van der Waals surface area contributed by atoms with E-state index >= 15 is 0 Å². The minimum absolute atomic E-state index is 0.0870. The van der Waals surface area contributed by atoms with E-state index in [1.165, 1.54) is 12.8 Å². The number of aromatic nitrogens is 2. The summed E-state index contributed by atoms with van der Waals surface area (Å²) < 4.78 is 0. The number of rotatable bonds is 3. The van der Waals surface area contributed by atoms with Gasteiger partial charge in [0.15, 0.2) is 11.7 Å². The molecule has 2 heterocycles. The fraction of sp³-hybridized carbons (Fsp3) is 0.615. The van der Waals surface area contributed by atoms with Gasteiger partial charge in [0.2, 0.25) is 0 Å². The highest BCUT2D eigenvalue weighted by Gasteiger charge is 2.24. The molecule has 0 aliphatic carbocycles. The fourth-order valence-corrected chi connectivity index (χ4v) is 2.67. The van der Waals surface area contributed by atoms with Crippen LogP contribution >= 0.6 is 0 Å². The SMILES string of the molecule is CCC1CCCCCN1c1nnccc1/C(N)=N/O. The molecule has 0 aromatic carbocycles. The van der Waals surface area contributed by atoms with Gasteiger partial charge in [-0.2, -0.15) is 5.10 Å². The van der Waals surface area contributed by atoms with Crippen molar-refractivity contribution in [3.8, 4) is 0 Å². The van der Waals surface area contributed by atoms with E-state index in [1.807, 2.05) is 0 Å². The third-order valence-corrected chi connectivity index (χ3v) is 3.71. The molecular weight excluding hydrogens is 242 g/mol. The van der Waals surface area contributed by atoms with Crippen LogP contribution < -0.4 is 10.6 Å². The summed E-state index contributed by atoms with van der Waals surface area (Å²) in [5.74, 6) is 0.815. The largest absolute Gasteiger partial charge is 0.409 e. The van der Waals surface area contributed by atoms with E-state index in [9.17, 15) is 0 Å². The Kier molecular flexibility index (Phi) is 4.54. The van der Waals surface area contributed by atoms with E-state index in [2.05, 4.69) is 27.2 Å². The summed E-state index contributed by atoms with van der Waals surface area (Å²) in [7, 11) is 0. The number of anilines is 1. The van der Waals surface area contributed by atoms with E-state index in [0.29, 0.717) is 11.6 Å². The zero-order chi connectivity index (χ0) is 13.7. The van der Waals surface area contributed by atoms with E-state index in [4.69, 9.17) is 10.9 Å². The van der Waals surface area contributed by atoms with Crippen molar-refractivity contribution < 1.29 is 5.21 Å². The van der Waals surface area contributed by atoms with Gasteiger partial charge in [-0.15, -0.1) is 5.10 Å². The number of oxime groups is 1. The zero-order valence-corrected chi connectivity index (χ0v) is 11.3. The van der Waals surface area contributed by atoms with Crippen LogP contribution in [0, 0.1) is 0 Å². The van der Waals surface area contributed by atoms with Gasteiger partial charge in [-0.3, -0.25) is 0 Å². The fourth-order valence-electron chi connectivity index (χ4n) is 2.67. The number of nitrogens with zero attached hydrogens (tertiary/aromatic N) is 4. The van der Waals surface area contributed by atoms with Gasteiger partial charge < -0.3 is 15.8 Å². The molecule has 6 heteroatoms. The summed E-state index contributed by atoms with van der Waals surface area (Å²) in [6.45, 7) is 3.13. The van der Waals surface area contributed by atoms with Gasteiger partial charge in [0, 0.05) is 12.6 Å². The Morgan fingerprint density at radius 3 is 3.11 bits per heavy atom. The van der Waals surface area contributed by atoms with Crippen molar-refractivity contribution in [3.05, 3.63) is 17.8 Å². The van der Waals surface area contributed by atoms with Crippen molar-refractivity contribution in [2.24, 2.45) is 10.9 Å². The maximum Gasteiger partial charge on any atom is 0.173 e. The van der Waals surface area contributed by atoms with Crippen molar-refractivity contribution in [2.45, 2.75) is 45.1 Å². The van der Waals surface area contributed by atoms with Crippen LogP contribution in [0.25, 0.3) is 0 Å². The van der Waals surface area contributed by atoms with Crippen LogP contribution in [0.15, 0.2) is 17.4 Å². The molecule has 0 spiro atoms. The van der Waals surface area contributed by atoms with Crippen LogP contribution in [-0.4, -0.2) is 33.8 Å². The average molecular weight is 263 g/mol. The summed E-state index contributed by atoms with van der Waals surface area (Å²) in [5.41, 5.74) is 6.38. The van der Waals surface area contributed by atoms with Gasteiger partial charge >= 0.3 is 0 Å². The molecule has 3 N–H and O–H groups in total. The summed E-state index contributed by atoms with van der Waals surface area (Å²) in [6, 6.07) is 2.19. The lowest BCUT2D eigenvalue weighted by Gasteiger charge is -2.31. The molecule has 1 aromatic heterocycles. The molecule has 1 fully saturated rings. The molecule has 0 bridgehead atoms. The minimum Gasteiger partial charge on any atom is -0.409 e. The van der Waals surface area contributed by atoms with E-state index in [0.717, 1.165) is 31.6 Å². The lowest BCUT2D eigenvalue weighted by Crippen LogP contribution is -2.37. The van der Waals surface area contributed by atoms with E-state index < -0.39 is 0 Å². The van der Waals surface area contributed by atoms with Crippen molar-refractivity contribution in [2.75, 3.05) is 11.4 Å². The third-order valence-electron chi connectivity index (χ3n) is 3.71. The number of hydrogen-bond donors (Lipinski definition) is 2. The van der Waals surface area contributed by atoms with E-state index in [1.54, 1.807) is 12.3 Å². The first-order chi connectivity index (χ1) is 9.27. The summed E-state index contributed by atoms with van der Waals surface area (Å²) in [4.78, 5) is 2.26. The first-order valence-electron chi connectivity index (χ1n) is 6.84. The number of hydrogen-bond acceptors (Lipinski definition) is 5. The lowest BCUT2D eigenvalue weighted by atomic mass is 10.1. The molecular formula is C13H21N5O. The first kappa shape index (κ1) is 13.6. The Morgan fingerprint density at radius 2 is 2.37 bits per heavy atom. The van der Waals surface area contributed by atoms with Crippen LogP contribution in [-0.2, 0) is 0 Å². The molecule has 1 aliphatic heterocycles. The second kappa shape index (κ2) is 6.36. The summed E-state index contributed by atoms with van der Waals surface area (Å²) >= 11 is 0. The molecule has 1 saturated heterocycles. The Balaban J connectivity index is 2.38. The molecule has 1 unspecified atom stereocenters. The topological polar surface area (TPSA) is 87.6 Å². The quantitative estimate of drug-likeness (QED) is 0.375. The normalized spacial score (nSPS) is 21.2. The smallest absolute Gasteiger partial charge is 0.173 e. The van der Waals surface area contributed by atoms with Crippen LogP contribution in [0.1, 0.15) is 44.6 Å². The standard InChI is InChI=1S/C13H21N5O/c1-2-10-6-4-3-5-9-18(10)13-11(12(14)17-19)7-8-15-16-13/h7-8,10,19H,2-6,9H2,1H3,(H2,14,17). The first-order valence-corrected chi connectivity index (χ1v) is 6.84. The Bertz CT molecular complexity index is 448. The predicted molar refractivity (Wildman–Crippen MR) is 74.4 cm³/mol. The highest BCUT2D eigenvalue weighted by molar-refractivity contribution is 6.01. The van der Waals surface area contributed by atoms with Gasteiger partial charge in [-0.05, 0) is 25.3 Å². The predicted octanol–water partition coefficient (Wildman–Crippen LogP) is 1.73. The molecule has 0 saturated carbocycles. The van der Waals surface area contributed by atoms with Crippen LogP contribution in [0.5, 0.6) is 0 Å². The lowest BCUT2D eigenvalue weighted by molar-refractivity contribution is 0.318. The van der Waals surface area contributed by atoms with Crippen molar-refractivity contribution >= 4 is 11.7 Å². The number of amidine groups is 1. The van der Waals surface area contributed by atoms with Crippen molar-refractivity contribution in [3.63, 3.8) is 0 Å². The average Bonchev–Trinajstić information content (AvgIpc) is 2.71. The van der Waals surface area contributed by atoms with Gasteiger partial charge in [0.25, 0.3) is 0 Å². The maximum absolute atomic E-state index is 8.89. The second-order valence-electron chi connectivity index (χ2n) is 4.86. The summed E-state index contributed by atoms with van der Waals surface area (Å²) in [6.07, 6.45) is 7.41. The molecule has 19 heavy (non-hydrogen) atoms. The van der Waals surface area contributed by atoms with Crippen LogP contribution in [0.2, 0.25) is 0 Å². The van der Waals surface area contributed by atoms with Crippen LogP contribution in [0.3, 0.4) is 0 Å².